The zero-order chi connectivity index (χ0) is 9.84. The van der Waals surface area contributed by atoms with Crippen molar-refractivity contribution in [1.82, 2.24) is 0 Å². The summed E-state index contributed by atoms with van der Waals surface area (Å²) < 4.78 is 0. The third kappa shape index (κ3) is 2.42. The molecule has 1 atom stereocenters. The van der Waals surface area contributed by atoms with Crippen LogP contribution >= 0.6 is 11.6 Å². The van der Waals surface area contributed by atoms with Crippen molar-refractivity contribution >= 4 is 11.6 Å². The van der Waals surface area contributed by atoms with E-state index in [2.05, 4.69) is 0 Å². The van der Waals surface area contributed by atoms with E-state index in [1.807, 2.05) is 0 Å². The van der Waals surface area contributed by atoms with E-state index in [-0.39, 0.29) is 4.92 Å². The first-order chi connectivity index (χ1) is 6.15. The van der Waals surface area contributed by atoms with Gasteiger partial charge in [-0.05, 0) is 12.1 Å². The van der Waals surface area contributed by atoms with Crippen LogP contribution in [0.1, 0.15) is 24.9 Å². The first-order valence-corrected chi connectivity index (χ1v) is 4.42. The molecule has 0 heterocycles. The summed E-state index contributed by atoms with van der Waals surface area (Å²) in [5.41, 5.74) is 0.705. The van der Waals surface area contributed by atoms with Gasteiger partial charge in [-0.3, -0.25) is 10.1 Å². The molecule has 1 unspecified atom stereocenters. The second kappa shape index (κ2) is 4.23. The summed E-state index contributed by atoms with van der Waals surface area (Å²) in [5.74, 6) is 0. The van der Waals surface area contributed by atoms with Crippen LogP contribution in [0.25, 0.3) is 0 Å². The average molecular weight is 200 g/mol. The maximum absolute atomic E-state index is 10.6. The summed E-state index contributed by atoms with van der Waals surface area (Å²) in [6, 6.07) is 6.11. The Bertz CT molecular complexity index is 297. The highest BCUT2D eigenvalue weighted by molar-refractivity contribution is 6.30. The van der Waals surface area contributed by atoms with E-state index in [0.29, 0.717) is 17.0 Å². The highest BCUT2D eigenvalue weighted by atomic mass is 35.5. The standard InChI is InChI=1S/C9H10ClNO2/c1-2-9(11(12)13)7-3-5-8(10)6-4-7/h3-6,9H,2H2,1H3. The molecule has 70 valence electrons. The lowest BCUT2D eigenvalue weighted by atomic mass is 10.1. The van der Waals surface area contributed by atoms with E-state index >= 15 is 0 Å². The lowest BCUT2D eigenvalue weighted by molar-refractivity contribution is -0.529. The number of hydrogen-bond donors (Lipinski definition) is 0. The SMILES string of the molecule is CCC(c1ccc(Cl)cc1)[N+](=O)[O-]. The molecule has 0 aliphatic carbocycles. The van der Waals surface area contributed by atoms with Crippen molar-refractivity contribution in [3.8, 4) is 0 Å². The first kappa shape index (κ1) is 9.99. The maximum atomic E-state index is 10.6. The highest BCUT2D eigenvalue weighted by Gasteiger charge is 2.19. The quantitative estimate of drug-likeness (QED) is 0.555. The molecule has 3 nitrogen and oxygen atoms in total. The molecule has 0 saturated carbocycles. The second-order valence-electron chi connectivity index (χ2n) is 2.76. The van der Waals surface area contributed by atoms with Crippen molar-refractivity contribution in [2.45, 2.75) is 19.4 Å². The van der Waals surface area contributed by atoms with E-state index in [4.69, 9.17) is 11.6 Å². The summed E-state index contributed by atoms with van der Waals surface area (Å²) in [6.45, 7) is 1.79. The van der Waals surface area contributed by atoms with Gasteiger partial charge >= 0.3 is 0 Å². The summed E-state index contributed by atoms with van der Waals surface area (Å²) in [4.78, 5) is 10.3. The van der Waals surface area contributed by atoms with E-state index in [1.54, 1.807) is 31.2 Å². The predicted molar refractivity (Wildman–Crippen MR) is 51.5 cm³/mol. The number of benzene rings is 1. The van der Waals surface area contributed by atoms with Crippen LogP contribution in [0.5, 0.6) is 0 Å². The summed E-state index contributed by atoms with van der Waals surface area (Å²) >= 11 is 5.67. The molecule has 0 N–H and O–H groups in total. The van der Waals surface area contributed by atoms with Gasteiger partial charge in [0.1, 0.15) is 0 Å². The summed E-state index contributed by atoms with van der Waals surface area (Å²) in [7, 11) is 0. The van der Waals surface area contributed by atoms with Gasteiger partial charge in [0.2, 0.25) is 6.04 Å². The van der Waals surface area contributed by atoms with Gasteiger partial charge in [-0.2, -0.15) is 0 Å². The topological polar surface area (TPSA) is 43.1 Å². The molecule has 1 aromatic carbocycles. The molecule has 13 heavy (non-hydrogen) atoms. The molecule has 1 aromatic rings. The van der Waals surface area contributed by atoms with E-state index in [0.717, 1.165) is 0 Å². The minimum Gasteiger partial charge on any atom is -0.264 e. The lowest BCUT2D eigenvalue weighted by Gasteiger charge is -2.06. The van der Waals surface area contributed by atoms with Crippen LogP contribution in [0.3, 0.4) is 0 Å². The van der Waals surface area contributed by atoms with Crippen LogP contribution in [-0.4, -0.2) is 4.92 Å². The van der Waals surface area contributed by atoms with Crippen molar-refractivity contribution in [1.29, 1.82) is 0 Å². The van der Waals surface area contributed by atoms with Crippen LogP contribution in [-0.2, 0) is 0 Å². The molecule has 0 aliphatic heterocycles. The normalized spacial score (nSPS) is 12.5. The average Bonchev–Trinajstić information content (AvgIpc) is 2.09. The Hall–Kier alpha value is -1.09. The van der Waals surface area contributed by atoms with Crippen molar-refractivity contribution in [3.05, 3.63) is 45.0 Å². The Balaban J connectivity index is 2.92. The van der Waals surface area contributed by atoms with Crippen LogP contribution in [0.4, 0.5) is 0 Å². The van der Waals surface area contributed by atoms with Crippen LogP contribution in [0, 0.1) is 10.1 Å². The predicted octanol–water partition coefficient (Wildman–Crippen LogP) is 3.07. The van der Waals surface area contributed by atoms with E-state index in [9.17, 15) is 10.1 Å². The monoisotopic (exact) mass is 199 g/mol. The van der Waals surface area contributed by atoms with Gasteiger partial charge in [0.05, 0.1) is 0 Å². The van der Waals surface area contributed by atoms with E-state index < -0.39 is 6.04 Å². The van der Waals surface area contributed by atoms with Crippen molar-refractivity contribution < 1.29 is 4.92 Å². The largest absolute Gasteiger partial charge is 0.264 e. The molecule has 0 radical (unpaired) electrons. The Morgan fingerprint density at radius 2 is 2.00 bits per heavy atom. The maximum Gasteiger partial charge on any atom is 0.237 e. The van der Waals surface area contributed by atoms with Crippen LogP contribution in [0.15, 0.2) is 24.3 Å². The molecular weight excluding hydrogens is 190 g/mol. The Labute approximate surface area is 81.5 Å². The third-order valence-electron chi connectivity index (χ3n) is 1.90. The Morgan fingerprint density at radius 1 is 1.46 bits per heavy atom. The highest BCUT2D eigenvalue weighted by Crippen LogP contribution is 2.21. The Kier molecular flexibility index (Phi) is 3.25. The fourth-order valence-corrected chi connectivity index (χ4v) is 1.32. The van der Waals surface area contributed by atoms with Crippen molar-refractivity contribution in [2.75, 3.05) is 0 Å². The zero-order valence-corrected chi connectivity index (χ0v) is 7.99. The Morgan fingerprint density at radius 3 is 2.38 bits per heavy atom. The van der Waals surface area contributed by atoms with Gasteiger partial charge in [-0.25, -0.2) is 0 Å². The number of hydrogen-bond acceptors (Lipinski definition) is 2. The molecule has 4 heteroatoms. The summed E-state index contributed by atoms with van der Waals surface area (Å²) in [5, 5.41) is 11.2. The van der Waals surface area contributed by atoms with Crippen LogP contribution < -0.4 is 0 Å². The van der Waals surface area contributed by atoms with Crippen molar-refractivity contribution in [3.63, 3.8) is 0 Å². The number of nitrogens with zero attached hydrogens (tertiary/aromatic N) is 1. The summed E-state index contributed by atoms with van der Waals surface area (Å²) in [6.07, 6.45) is 0.495. The zero-order valence-electron chi connectivity index (χ0n) is 7.24. The van der Waals surface area contributed by atoms with E-state index in [1.165, 1.54) is 0 Å². The van der Waals surface area contributed by atoms with Gasteiger partial charge < -0.3 is 0 Å². The molecule has 0 fully saturated rings. The minimum atomic E-state index is -0.614. The molecule has 0 amide bonds. The number of halogens is 1. The fourth-order valence-electron chi connectivity index (χ4n) is 1.19. The number of rotatable bonds is 3. The molecule has 1 rings (SSSR count). The molecule has 0 spiro atoms. The lowest BCUT2D eigenvalue weighted by Crippen LogP contribution is -2.08. The third-order valence-corrected chi connectivity index (χ3v) is 2.15. The molecule has 0 saturated heterocycles. The first-order valence-electron chi connectivity index (χ1n) is 4.04. The molecule has 0 aromatic heterocycles. The smallest absolute Gasteiger partial charge is 0.237 e. The number of nitro groups is 1. The molecule has 0 aliphatic rings. The van der Waals surface area contributed by atoms with Gasteiger partial charge in [0, 0.05) is 21.9 Å². The van der Waals surface area contributed by atoms with Gasteiger partial charge in [0.15, 0.2) is 0 Å². The van der Waals surface area contributed by atoms with Gasteiger partial charge in [-0.15, -0.1) is 0 Å². The van der Waals surface area contributed by atoms with Crippen LogP contribution in [0.2, 0.25) is 5.02 Å². The second-order valence-corrected chi connectivity index (χ2v) is 3.20. The van der Waals surface area contributed by atoms with Gasteiger partial charge in [-0.1, -0.05) is 30.7 Å². The fraction of sp³-hybridized carbons (Fsp3) is 0.333. The minimum absolute atomic E-state index is 0.275. The molecule has 0 bridgehead atoms. The van der Waals surface area contributed by atoms with Gasteiger partial charge in [0.25, 0.3) is 0 Å². The van der Waals surface area contributed by atoms with Crippen molar-refractivity contribution in [2.24, 2.45) is 0 Å². The molecular formula is C9H10ClNO2.